The molecule has 0 saturated heterocycles. The van der Waals surface area contributed by atoms with Crippen LogP contribution in [0.5, 0.6) is 0 Å². The van der Waals surface area contributed by atoms with Crippen molar-refractivity contribution in [1.29, 1.82) is 0 Å². The number of alkyl halides is 2. The van der Waals surface area contributed by atoms with Crippen molar-refractivity contribution in [3.63, 3.8) is 0 Å². The summed E-state index contributed by atoms with van der Waals surface area (Å²) in [6, 6.07) is 11.2. The lowest BCUT2D eigenvalue weighted by Gasteiger charge is -2.38. The number of amides is 2. The summed E-state index contributed by atoms with van der Waals surface area (Å²) in [5.74, 6) is 3.51. The van der Waals surface area contributed by atoms with E-state index in [1.54, 1.807) is 30.3 Å². The molecule has 3 nitrogen and oxygen atoms in total. The maximum atomic E-state index is 14.4. The van der Waals surface area contributed by atoms with Crippen LogP contribution >= 0.6 is 15.9 Å². The normalized spacial score (nSPS) is 21.4. The van der Waals surface area contributed by atoms with E-state index in [0.717, 1.165) is 24.2 Å². The first-order chi connectivity index (χ1) is 12.8. The third-order valence-corrected chi connectivity index (χ3v) is 5.27. The smallest absolute Gasteiger partial charge is 0.313 e. The van der Waals surface area contributed by atoms with E-state index in [4.69, 9.17) is 0 Å². The lowest BCUT2D eigenvalue weighted by molar-refractivity contribution is 0.0158. The summed E-state index contributed by atoms with van der Waals surface area (Å²) in [6.45, 7) is 0.860. The number of rotatable bonds is 2. The molecule has 1 heterocycles. The summed E-state index contributed by atoms with van der Waals surface area (Å²) in [7, 11) is 0. The minimum absolute atomic E-state index is 0.147. The van der Waals surface area contributed by atoms with E-state index < -0.39 is 17.5 Å². The zero-order chi connectivity index (χ0) is 19.2. The van der Waals surface area contributed by atoms with Gasteiger partial charge in [0.1, 0.15) is 0 Å². The Bertz CT molecular complexity index is 986. The van der Waals surface area contributed by atoms with Crippen molar-refractivity contribution in [2.75, 3.05) is 5.32 Å². The first-order valence-corrected chi connectivity index (χ1v) is 9.48. The van der Waals surface area contributed by atoms with Gasteiger partial charge in [0.2, 0.25) is 0 Å². The number of halogens is 3. The van der Waals surface area contributed by atoms with Crippen LogP contribution in [0, 0.1) is 17.8 Å². The molecular weight excluding hydrogens is 414 g/mol. The van der Waals surface area contributed by atoms with E-state index in [9.17, 15) is 13.6 Å². The highest BCUT2D eigenvalue weighted by atomic mass is 79.9. The highest BCUT2D eigenvalue weighted by Crippen LogP contribution is 2.43. The van der Waals surface area contributed by atoms with Crippen molar-refractivity contribution in [2.45, 2.75) is 31.2 Å². The zero-order valence-corrected chi connectivity index (χ0v) is 16.2. The second-order valence-corrected chi connectivity index (χ2v) is 7.91. The Hall–Kier alpha value is -2.39. The second kappa shape index (κ2) is 6.35. The zero-order valence-electron chi connectivity index (χ0n) is 14.6. The summed E-state index contributed by atoms with van der Waals surface area (Å²) in [4.78, 5) is 12.5. The maximum Gasteiger partial charge on any atom is 0.320 e. The lowest BCUT2D eigenvalue weighted by Crippen LogP contribution is -2.52. The molecule has 2 N–H and O–H groups in total. The Morgan fingerprint density at radius 3 is 2.63 bits per heavy atom. The molecule has 0 spiro atoms. The Labute approximate surface area is 164 Å². The Morgan fingerprint density at radius 2 is 1.93 bits per heavy atom. The molecule has 1 aliphatic carbocycles. The van der Waals surface area contributed by atoms with Crippen molar-refractivity contribution in [1.82, 2.24) is 5.32 Å². The Morgan fingerprint density at radius 1 is 1.19 bits per heavy atom. The fourth-order valence-corrected chi connectivity index (χ4v) is 3.71. The average Bonchev–Trinajstić information content (AvgIpc) is 3.43. The fraction of sp³-hybridized carbons (Fsp3) is 0.286. The van der Waals surface area contributed by atoms with Crippen LogP contribution in [-0.4, -0.2) is 6.03 Å². The minimum atomic E-state index is -3.07. The molecule has 138 valence electrons. The number of nitrogens with one attached hydrogen (secondary N) is 2. The van der Waals surface area contributed by atoms with Crippen LogP contribution in [-0.2, 0) is 11.5 Å². The summed E-state index contributed by atoms with van der Waals surface area (Å²) in [5.41, 5.74) is 0.00890. The molecule has 27 heavy (non-hydrogen) atoms. The van der Waals surface area contributed by atoms with Gasteiger partial charge in [0.25, 0.3) is 5.92 Å². The van der Waals surface area contributed by atoms with Gasteiger partial charge < -0.3 is 10.6 Å². The number of carbonyl (C=O) groups is 1. The van der Waals surface area contributed by atoms with Gasteiger partial charge in [-0.2, -0.15) is 0 Å². The molecule has 2 aromatic carbocycles. The van der Waals surface area contributed by atoms with Gasteiger partial charge in [-0.15, -0.1) is 0 Å². The van der Waals surface area contributed by atoms with Gasteiger partial charge in [0, 0.05) is 34.0 Å². The summed E-state index contributed by atoms with van der Waals surface area (Å²) in [5, 5.41) is 5.60. The monoisotopic (exact) mass is 430 g/mol. The molecule has 0 aromatic heterocycles. The summed E-state index contributed by atoms with van der Waals surface area (Å²) in [6.07, 6.45) is 1.99. The first kappa shape index (κ1) is 18.0. The molecule has 2 aromatic rings. The molecule has 0 radical (unpaired) electrons. The molecule has 1 aliphatic heterocycles. The van der Waals surface area contributed by atoms with E-state index in [0.29, 0.717) is 16.8 Å². The largest absolute Gasteiger partial charge is 0.320 e. The van der Waals surface area contributed by atoms with Gasteiger partial charge in [-0.05, 0) is 25.0 Å². The fourth-order valence-electron chi connectivity index (χ4n) is 3.35. The van der Waals surface area contributed by atoms with Gasteiger partial charge >= 0.3 is 6.03 Å². The van der Waals surface area contributed by atoms with Crippen LogP contribution in [0.25, 0.3) is 0 Å². The van der Waals surface area contributed by atoms with Gasteiger partial charge in [-0.1, -0.05) is 58.1 Å². The van der Waals surface area contributed by atoms with Crippen LogP contribution in [0.3, 0.4) is 0 Å². The third kappa shape index (κ3) is 3.32. The summed E-state index contributed by atoms with van der Waals surface area (Å²) < 4.78 is 29.6. The van der Waals surface area contributed by atoms with E-state index in [1.807, 2.05) is 6.07 Å². The van der Waals surface area contributed by atoms with E-state index in [2.05, 4.69) is 38.4 Å². The molecule has 1 saturated carbocycles. The van der Waals surface area contributed by atoms with Gasteiger partial charge in [0.05, 0.1) is 5.69 Å². The van der Waals surface area contributed by atoms with Crippen molar-refractivity contribution in [3.05, 3.63) is 63.6 Å². The van der Waals surface area contributed by atoms with Crippen LogP contribution in [0.4, 0.5) is 19.3 Å². The molecule has 2 amide bonds. The number of carbonyl (C=O) groups excluding carboxylic acids is 1. The maximum absolute atomic E-state index is 14.4. The molecule has 2 aliphatic rings. The van der Waals surface area contributed by atoms with Gasteiger partial charge in [-0.25, -0.2) is 13.6 Å². The lowest BCUT2D eigenvalue weighted by atomic mass is 9.78. The number of hydrogen-bond donors (Lipinski definition) is 2. The highest BCUT2D eigenvalue weighted by Gasteiger charge is 2.44. The predicted octanol–water partition coefficient (Wildman–Crippen LogP) is 5.35. The second-order valence-electron chi connectivity index (χ2n) is 7.00. The van der Waals surface area contributed by atoms with Gasteiger partial charge in [-0.3, -0.25) is 0 Å². The molecule has 6 heteroatoms. The van der Waals surface area contributed by atoms with Crippen LogP contribution < -0.4 is 10.6 Å². The topological polar surface area (TPSA) is 41.1 Å². The standard InChI is InChI=1S/C21H17BrF2N2O/c1-20(23,24)15-4-2-3-5-16(15)21(11-10-13-6-7-13)17-9-8-14(22)12-18(17)25-19(27)26-21/h2-5,8-9,12-13H,6-7H2,1H3,(H2,25,26,27)/t21-/m1/s1. The predicted molar refractivity (Wildman–Crippen MR) is 104 cm³/mol. The SMILES string of the molecule is CC(F)(F)c1ccccc1[C@@]1(C#CC2CC2)NC(=O)Nc2cc(Br)ccc21. The van der Waals surface area contributed by atoms with E-state index in [-0.39, 0.29) is 11.5 Å². The number of urea groups is 1. The average molecular weight is 431 g/mol. The van der Waals surface area contributed by atoms with Gasteiger partial charge in [0.15, 0.2) is 5.54 Å². The Balaban J connectivity index is 2.03. The number of anilines is 1. The molecular formula is C21H17BrF2N2O. The van der Waals surface area contributed by atoms with E-state index in [1.165, 1.54) is 6.07 Å². The number of benzene rings is 2. The van der Waals surface area contributed by atoms with Crippen molar-refractivity contribution >= 4 is 27.6 Å². The minimum Gasteiger partial charge on any atom is -0.313 e. The molecule has 0 bridgehead atoms. The van der Waals surface area contributed by atoms with Crippen LogP contribution in [0.1, 0.15) is 36.5 Å². The van der Waals surface area contributed by atoms with E-state index >= 15 is 0 Å². The molecule has 4 rings (SSSR count). The first-order valence-electron chi connectivity index (χ1n) is 8.69. The molecule has 1 atom stereocenters. The van der Waals surface area contributed by atoms with Crippen molar-refractivity contribution in [3.8, 4) is 11.8 Å². The summed E-state index contributed by atoms with van der Waals surface area (Å²) >= 11 is 3.39. The van der Waals surface area contributed by atoms with Crippen molar-refractivity contribution in [2.24, 2.45) is 5.92 Å². The molecule has 0 unspecified atom stereocenters. The number of hydrogen-bond acceptors (Lipinski definition) is 1. The van der Waals surface area contributed by atoms with Crippen LogP contribution in [0.2, 0.25) is 0 Å². The Kier molecular flexibility index (Phi) is 4.23. The number of fused-ring (bicyclic) bond motifs is 1. The highest BCUT2D eigenvalue weighted by molar-refractivity contribution is 9.10. The van der Waals surface area contributed by atoms with Crippen molar-refractivity contribution < 1.29 is 13.6 Å². The quantitative estimate of drug-likeness (QED) is 0.619. The third-order valence-electron chi connectivity index (χ3n) is 4.78. The molecule has 1 fully saturated rings. The van der Waals surface area contributed by atoms with Crippen LogP contribution in [0.15, 0.2) is 46.9 Å².